The van der Waals surface area contributed by atoms with Gasteiger partial charge in [-0.15, -0.1) is 0 Å². The van der Waals surface area contributed by atoms with E-state index < -0.39 is 10.2 Å². The third-order valence-corrected chi connectivity index (χ3v) is 3.71. The lowest BCUT2D eigenvalue weighted by Crippen LogP contribution is -2.58. The van der Waals surface area contributed by atoms with E-state index in [-0.39, 0.29) is 0 Å². The first-order chi connectivity index (χ1) is 13.1. The Balaban J connectivity index is 0.000000696. The molecule has 0 spiro atoms. The summed E-state index contributed by atoms with van der Waals surface area (Å²) in [6.07, 6.45) is 9.65. The lowest BCUT2D eigenvalue weighted by molar-refractivity contribution is -1.92. The van der Waals surface area contributed by atoms with Crippen LogP contribution in [-0.4, -0.2) is 32.8 Å². The summed E-state index contributed by atoms with van der Waals surface area (Å²) in [6, 6.07) is 17.2. The molecule has 0 amide bonds. The average molecular weight is 407 g/mol. The maximum Gasteiger partial charge on any atom is 0.0777 e. The number of nitrogens with zero attached hydrogens (tertiary/aromatic N) is 2. The maximum atomic E-state index is 8.60. The van der Waals surface area contributed by atoms with Gasteiger partial charge in [-0.2, -0.15) is 14.0 Å². The van der Waals surface area contributed by atoms with Crippen molar-refractivity contribution < 1.29 is 28.9 Å². The Bertz CT molecular complexity index is 684. The summed E-state index contributed by atoms with van der Waals surface area (Å²) in [6.45, 7) is 0. The molecule has 0 aliphatic heterocycles. The lowest BCUT2D eigenvalue weighted by Gasteiger charge is -2.11. The van der Waals surface area contributed by atoms with Gasteiger partial charge < -0.3 is 9.80 Å². The van der Waals surface area contributed by atoms with Crippen molar-refractivity contribution in [2.24, 2.45) is 0 Å². The van der Waals surface area contributed by atoms with Crippen molar-refractivity contribution >= 4 is 23.5 Å². The summed E-state index contributed by atoms with van der Waals surface area (Å²) in [4.78, 5) is 4.22. The third kappa shape index (κ3) is 10.7. The summed E-state index contributed by atoms with van der Waals surface area (Å²) < 4.78 is 32.7. The fourth-order valence-electron chi connectivity index (χ4n) is 2.25. The Labute approximate surface area is 169 Å². The van der Waals surface area contributed by atoms with Crippen molar-refractivity contribution in [2.45, 2.75) is 6.42 Å². The topological polar surface area (TPSA) is 95.9 Å². The molecule has 0 aliphatic rings. The predicted octanol–water partition coefficient (Wildman–Crippen LogP) is 0.811. The van der Waals surface area contributed by atoms with Crippen LogP contribution in [0.4, 0.5) is 11.4 Å². The van der Waals surface area contributed by atoms with E-state index in [4.69, 9.17) is 18.6 Å². The van der Waals surface area contributed by atoms with E-state index >= 15 is 0 Å². The number of anilines is 2. The summed E-state index contributed by atoms with van der Waals surface area (Å²) in [5.41, 5.74) is 4.92. The number of rotatable bonds is 6. The van der Waals surface area contributed by atoms with Gasteiger partial charge in [-0.1, -0.05) is 48.6 Å². The number of hydrogen-bond donors (Lipinski definition) is 1. The van der Waals surface area contributed by atoms with E-state index in [1.807, 2.05) is 0 Å². The summed E-state index contributed by atoms with van der Waals surface area (Å²) >= 11 is 0. The van der Waals surface area contributed by atoms with Crippen LogP contribution >= 0.6 is 0 Å². The van der Waals surface area contributed by atoms with E-state index in [0.29, 0.717) is 0 Å². The molecule has 7 heteroatoms. The summed E-state index contributed by atoms with van der Waals surface area (Å²) in [5, 5.41) is 0. The van der Waals surface area contributed by atoms with Crippen LogP contribution in [0.25, 0.3) is 12.2 Å². The van der Waals surface area contributed by atoms with Crippen molar-refractivity contribution in [3.05, 3.63) is 71.8 Å². The van der Waals surface area contributed by atoms with E-state index in [1.165, 1.54) is 22.5 Å². The molecular weight excluding hydrogens is 380 g/mol. The molecule has 0 unspecified atom stereocenters. The molecule has 0 fully saturated rings. The largest absolute Gasteiger partial charge is 0.378 e. The standard InChI is InChI=1S/C21H26N2.ClHO4/c1-22(2)20-14-10-18(11-15-20)8-6-5-7-9-19-12-16-21(17-13-19)23(3)4;2-1(3,4)5/h6-17H,5H2,1-4H3;(H,2,3,4,5). The van der Waals surface area contributed by atoms with Gasteiger partial charge in [0.25, 0.3) is 0 Å². The molecule has 0 saturated heterocycles. The lowest BCUT2D eigenvalue weighted by atomic mass is 10.1. The molecule has 0 saturated carbocycles. The zero-order valence-electron chi connectivity index (χ0n) is 16.6. The van der Waals surface area contributed by atoms with Gasteiger partial charge >= 0.3 is 0 Å². The minimum absolute atomic E-state index is 0.935. The maximum absolute atomic E-state index is 8.60. The molecule has 2 rings (SSSR count). The highest BCUT2D eigenvalue weighted by Gasteiger charge is 1.99. The number of allylic oxidation sites excluding steroid dienone is 2. The average Bonchev–Trinajstić information content (AvgIpc) is 2.61. The second-order valence-electron chi connectivity index (χ2n) is 6.41. The number of hydrogen-bond acceptors (Lipinski definition) is 6. The zero-order valence-corrected chi connectivity index (χ0v) is 17.3. The van der Waals surface area contributed by atoms with Gasteiger partial charge in [0.05, 0.1) is 14.9 Å². The minimum atomic E-state index is -4.69. The van der Waals surface area contributed by atoms with E-state index in [1.54, 1.807) is 0 Å². The van der Waals surface area contributed by atoms with E-state index in [0.717, 1.165) is 6.42 Å². The highest BCUT2D eigenvalue weighted by atomic mass is 35.7. The molecule has 0 radical (unpaired) electrons. The van der Waals surface area contributed by atoms with Gasteiger partial charge in [-0.3, -0.25) is 0 Å². The van der Waals surface area contributed by atoms with Gasteiger partial charge in [0, 0.05) is 39.6 Å². The van der Waals surface area contributed by atoms with E-state index in [9.17, 15) is 0 Å². The predicted molar refractivity (Wildman–Crippen MR) is 106 cm³/mol. The van der Waals surface area contributed by atoms with Crippen LogP contribution in [0.1, 0.15) is 17.5 Å². The Morgan fingerprint density at radius 1 is 0.714 bits per heavy atom. The zero-order chi connectivity index (χ0) is 21.2. The van der Waals surface area contributed by atoms with Crippen LogP contribution in [-0.2, 0) is 0 Å². The van der Waals surface area contributed by atoms with Crippen LogP contribution in [0.2, 0.25) is 0 Å². The molecule has 2 aromatic carbocycles. The highest BCUT2D eigenvalue weighted by molar-refractivity contribution is 5.57. The van der Waals surface area contributed by atoms with Crippen molar-refractivity contribution in [1.29, 1.82) is 0 Å². The first-order valence-corrected chi connectivity index (χ1v) is 9.84. The Hall–Kier alpha value is -2.35. The van der Waals surface area contributed by atoms with Crippen LogP contribution in [0.5, 0.6) is 0 Å². The number of halogens is 1. The van der Waals surface area contributed by atoms with Crippen molar-refractivity contribution in [3.8, 4) is 0 Å². The normalized spacial score (nSPS) is 11.4. The van der Waals surface area contributed by atoms with E-state index in [2.05, 4.69) is 111 Å². The van der Waals surface area contributed by atoms with Gasteiger partial charge in [0.2, 0.25) is 0 Å². The molecule has 2 aromatic rings. The molecule has 6 nitrogen and oxygen atoms in total. The molecule has 0 bridgehead atoms. The molecule has 28 heavy (non-hydrogen) atoms. The Kier molecular flexibility index (Phi) is 9.72. The van der Waals surface area contributed by atoms with Crippen LogP contribution < -0.4 is 23.8 Å². The van der Waals surface area contributed by atoms with Crippen LogP contribution in [0.3, 0.4) is 0 Å². The monoisotopic (exact) mass is 406 g/mol. The quantitative estimate of drug-likeness (QED) is 0.762. The van der Waals surface area contributed by atoms with Gasteiger partial charge in [0.15, 0.2) is 0 Å². The second kappa shape index (κ2) is 11.5. The fraction of sp³-hybridized carbons (Fsp3) is 0.238. The van der Waals surface area contributed by atoms with Crippen molar-refractivity contribution in [3.63, 3.8) is 0 Å². The summed E-state index contributed by atoms with van der Waals surface area (Å²) in [5.74, 6) is 0. The Morgan fingerprint density at radius 2 is 1.00 bits per heavy atom. The SMILES string of the molecule is CN(C)c1ccc(C=CCC=Cc2ccc(N(C)C)cc2)cc1.[O-][Cl+3]([O-])([O-])O. The Morgan fingerprint density at radius 3 is 1.25 bits per heavy atom. The van der Waals surface area contributed by atoms with Gasteiger partial charge in [-0.25, -0.2) is 0 Å². The third-order valence-electron chi connectivity index (χ3n) is 3.71. The molecule has 0 heterocycles. The summed E-state index contributed by atoms with van der Waals surface area (Å²) in [7, 11) is 3.53. The highest BCUT2D eigenvalue weighted by Crippen LogP contribution is 2.15. The van der Waals surface area contributed by atoms with Crippen LogP contribution in [0.15, 0.2) is 60.7 Å². The number of benzene rings is 2. The second-order valence-corrected chi connectivity index (χ2v) is 7.20. The fourth-order valence-corrected chi connectivity index (χ4v) is 2.25. The van der Waals surface area contributed by atoms with Crippen molar-refractivity contribution in [2.75, 3.05) is 38.0 Å². The van der Waals surface area contributed by atoms with Crippen LogP contribution in [0, 0.1) is 10.2 Å². The molecule has 0 atom stereocenters. The van der Waals surface area contributed by atoms with Crippen molar-refractivity contribution in [1.82, 2.24) is 0 Å². The first-order valence-electron chi connectivity index (χ1n) is 8.57. The molecule has 152 valence electrons. The first kappa shape index (κ1) is 23.7. The van der Waals surface area contributed by atoms with Gasteiger partial charge in [0.1, 0.15) is 0 Å². The van der Waals surface area contributed by atoms with Gasteiger partial charge in [-0.05, 0) is 41.8 Å². The minimum Gasteiger partial charge on any atom is -0.378 e. The molecular formula is C21H27ClN2O4. The molecule has 0 aliphatic carbocycles. The smallest absolute Gasteiger partial charge is 0.0777 e. The molecule has 1 N–H and O–H groups in total. The molecule has 0 aromatic heterocycles.